The maximum Gasteiger partial charge on any atom is 0.296 e. The Morgan fingerprint density at radius 2 is 1.49 bits per heavy atom. The van der Waals surface area contributed by atoms with Crippen LogP contribution >= 0.6 is 0 Å². The van der Waals surface area contributed by atoms with Gasteiger partial charge in [0.15, 0.2) is 0 Å². The first-order valence-electron chi connectivity index (χ1n) is 15.9. The van der Waals surface area contributed by atoms with Crippen molar-refractivity contribution in [1.29, 1.82) is 0 Å². The molecule has 0 spiro atoms. The van der Waals surface area contributed by atoms with E-state index in [2.05, 4.69) is 21.0 Å². The van der Waals surface area contributed by atoms with E-state index < -0.39 is 35.4 Å². The van der Waals surface area contributed by atoms with Gasteiger partial charge in [-0.1, -0.05) is 109 Å². The van der Waals surface area contributed by atoms with Crippen LogP contribution in [0.5, 0.6) is 0 Å². The van der Waals surface area contributed by atoms with Crippen molar-refractivity contribution in [2.45, 2.75) is 79.6 Å². The van der Waals surface area contributed by atoms with Crippen molar-refractivity contribution in [1.82, 2.24) is 26.1 Å². The summed E-state index contributed by atoms with van der Waals surface area (Å²) in [6.45, 7) is 13.6. The summed E-state index contributed by atoms with van der Waals surface area (Å²) >= 11 is 0. The van der Waals surface area contributed by atoms with Crippen LogP contribution in [0.25, 0.3) is 11.3 Å². The molecule has 4 unspecified atom stereocenters. The molecule has 0 aliphatic heterocycles. The van der Waals surface area contributed by atoms with Gasteiger partial charge < -0.3 is 15.7 Å². The summed E-state index contributed by atoms with van der Waals surface area (Å²) in [6.07, 6.45) is 6.34. The van der Waals surface area contributed by atoms with Gasteiger partial charge >= 0.3 is 0 Å². The number of hydrogen-bond donors (Lipinski definition) is 4. The lowest BCUT2D eigenvalue weighted by atomic mass is 9.81. The first kappa shape index (κ1) is 36.9. The van der Waals surface area contributed by atoms with Crippen LogP contribution in [0, 0.1) is 29.1 Å². The topological polar surface area (TPSA) is 124 Å². The van der Waals surface area contributed by atoms with Crippen LogP contribution in [0.2, 0.25) is 0 Å². The third-order valence-electron chi connectivity index (χ3n) is 8.28. The van der Waals surface area contributed by atoms with Gasteiger partial charge in [0, 0.05) is 30.8 Å². The van der Waals surface area contributed by atoms with Crippen LogP contribution in [0.4, 0.5) is 0 Å². The number of terminal acetylenes is 1. The lowest BCUT2D eigenvalue weighted by molar-refractivity contribution is -0.135. The highest BCUT2D eigenvalue weighted by Crippen LogP contribution is 2.26. The number of carbonyl (C=O) groups excluding carboxylic acids is 3. The fourth-order valence-corrected chi connectivity index (χ4v) is 4.96. The normalized spacial score (nSPS) is 14.3. The van der Waals surface area contributed by atoms with Crippen LogP contribution in [-0.2, 0) is 27.3 Å². The van der Waals surface area contributed by atoms with Gasteiger partial charge in [-0.25, -0.2) is 5.01 Å². The number of nitrogens with one attached hydrogen (secondary N) is 3. The van der Waals surface area contributed by atoms with Crippen molar-refractivity contribution in [2.75, 3.05) is 6.54 Å². The number of hydrazine groups is 1. The number of aliphatic hydroxyl groups excluding tert-OH is 1. The highest BCUT2D eigenvalue weighted by Gasteiger charge is 2.35. The molecule has 0 bridgehead atoms. The molecule has 1 aromatic heterocycles. The average molecular weight is 640 g/mol. The SMILES string of the molecule is C#CC(=O)NC(C(=O)NN(Cc1ccc(-c2ccccn2)cc1)CC(O)C(Cc1ccccc1)NC(=O)C(C)C(C)(C)C)C(C)(C)C. The molecule has 9 heteroatoms. The molecular weight excluding hydrogens is 590 g/mol. The summed E-state index contributed by atoms with van der Waals surface area (Å²) < 4.78 is 0. The quantitative estimate of drug-likeness (QED) is 0.161. The number of nitrogens with zero attached hydrogens (tertiary/aromatic N) is 2. The number of aromatic nitrogens is 1. The predicted molar refractivity (Wildman–Crippen MR) is 185 cm³/mol. The van der Waals surface area contributed by atoms with Crippen molar-refractivity contribution >= 4 is 17.7 Å². The average Bonchev–Trinajstić information content (AvgIpc) is 3.02. The molecule has 0 aliphatic carbocycles. The first-order valence-corrected chi connectivity index (χ1v) is 15.9. The zero-order valence-electron chi connectivity index (χ0n) is 28.6. The maximum atomic E-state index is 13.7. The van der Waals surface area contributed by atoms with Gasteiger partial charge in [-0.05, 0) is 46.4 Å². The third kappa shape index (κ3) is 11.3. The van der Waals surface area contributed by atoms with E-state index in [4.69, 9.17) is 6.42 Å². The lowest BCUT2D eigenvalue weighted by Crippen LogP contribution is -2.59. The second kappa shape index (κ2) is 16.3. The molecule has 4 atom stereocenters. The monoisotopic (exact) mass is 639 g/mol. The molecule has 47 heavy (non-hydrogen) atoms. The van der Waals surface area contributed by atoms with Gasteiger partial charge in [0.25, 0.3) is 11.8 Å². The Labute approximate surface area is 279 Å². The maximum absolute atomic E-state index is 13.7. The lowest BCUT2D eigenvalue weighted by Gasteiger charge is -2.35. The van der Waals surface area contributed by atoms with Gasteiger partial charge in [-0.2, -0.15) is 0 Å². The molecule has 3 amide bonds. The number of amides is 3. The van der Waals surface area contributed by atoms with E-state index in [1.54, 1.807) is 11.2 Å². The minimum Gasteiger partial charge on any atom is -0.390 e. The van der Waals surface area contributed by atoms with Crippen molar-refractivity contribution < 1.29 is 19.5 Å². The second-order valence-corrected chi connectivity index (χ2v) is 14.1. The first-order chi connectivity index (χ1) is 22.1. The van der Waals surface area contributed by atoms with Gasteiger partial charge in [-0.15, -0.1) is 6.42 Å². The standard InChI is InChI=1S/C38H49N5O4/c1-9-33(45)41-34(38(6,7)8)36(47)42-43(24-28-18-20-29(21-19-28)30-17-13-14-22-39-30)25-32(44)31(23-27-15-11-10-12-16-27)40-35(46)26(2)37(3,4)5/h1,10-22,26,31-32,34,44H,23-25H2,2-8H3,(H,40,46)(H,41,45)(H,42,47). The molecule has 9 nitrogen and oxygen atoms in total. The number of hydrogen-bond acceptors (Lipinski definition) is 6. The van der Waals surface area contributed by atoms with Crippen molar-refractivity contribution in [2.24, 2.45) is 16.7 Å². The Kier molecular flexibility index (Phi) is 12.9. The van der Waals surface area contributed by atoms with Crippen molar-refractivity contribution in [3.8, 4) is 23.6 Å². The summed E-state index contributed by atoms with van der Waals surface area (Å²) in [5.41, 5.74) is 5.56. The van der Waals surface area contributed by atoms with E-state index in [0.29, 0.717) is 6.42 Å². The highest BCUT2D eigenvalue weighted by molar-refractivity contribution is 5.96. The third-order valence-corrected chi connectivity index (χ3v) is 8.28. The zero-order chi connectivity index (χ0) is 34.8. The van der Waals surface area contributed by atoms with Crippen LogP contribution in [0.1, 0.15) is 59.6 Å². The Morgan fingerprint density at radius 3 is 2.04 bits per heavy atom. The minimum absolute atomic E-state index is 0.0185. The number of benzene rings is 2. The number of carbonyl (C=O) groups is 3. The second-order valence-electron chi connectivity index (χ2n) is 14.1. The molecule has 1 heterocycles. The minimum atomic E-state index is -1.08. The van der Waals surface area contributed by atoms with E-state index >= 15 is 0 Å². The molecular formula is C38H49N5O4. The summed E-state index contributed by atoms with van der Waals surface area (Å²) in [7, 11) is 0. The Balaban J connectivity index is 1.92. The smallest absolute Gasteiger partial charge is 0.296 e. The molecule has 2 aromatic carbocycles. The van der Waals surface area contributed by atoms with Gasteiger partial charge in [0.2, 0.25) is 5.91 Å². The van der Waals surface area contributed by atoms with Gasteiger partial charge in [0.05, 0.1) is 17.8 Å². The van der Waals surface area contributed by atoms with Crippen LogP contribution in [0.15, 0.2) is 79.0 Å². The number of aliphatic hydroxyl groups is 1. The molecule has 250 valence electrons. The van der Waals surface area contributed by atoms with Gasteiger partial charge in [-0.3, -0.25) is 24.8 Å². The summed E-state index contributed by atoms with van der Waals surface area (Å²) in [6, 6.07) is 21.5. The number of pyridine rings is 1. The Morgan fingerprint density at radius 1 is 0.851 bits per heavy atom. The van der Waals surface area contributed by atoms with Gasteiger partial charge in [0.1, 0.15) is 6.04 Å². The van der Waals surface area contributed by atoms with Crippen LogP contribution < -0.4 is 16.1 Å². The summed E-state index contributed by atoms with van der Waals surface area (Å²) in [5.74, 6) is 0.356. The molecule has 3 rings (SSSR count). The molecule has 0 aliphatic rings. The van der Waals surface area contributed by atoms with Crippen molar-refractivity contribution in [3.63, 3.8) is 0 Å². The fourth-order valence-electron chi connectivity index (χ4n) is 4.96. The largest absolute Gasteiger partial charge is 0.390 e. The highest BCUT2D eigenvalue weighted by atomic mass is 16.3. The molecule has 0 fully saturated rings. The number of rotatable bonds is 13. The van der Waals surface area contributed by atoms with Crippen molar-refractivity contribution in [3.05, 3.63) is 90.1 Å². The zero-order valence-corrected chi connectivity index (χ0v) is 28.6. The van der Waals surface area contributed by atoms with Crippen LogP contribution in [0.3, 0.4) is 0 Å². The molecule has 0 saturated heterocycles. The Bertz CT molecular complexity index is 1510. The molecule has 0 radical (unpaired) electrons. The van der Waals surface area contributed by atoms with E-state index in [1.165, 1.54) is 0 Å². The fraction of sp³-hybridized carbons (Fsp3) is 0.421. The summed E-state index contributed by atoms with van der Waals surface area (Å²) in [5, 5.41) is 19.0. The molecule has 4 N–H and O–H groups in total. The van der Waals surface area contributed by atoms with E-state index in [1.807, 2.05) is 127 Å². The predicted octanol–water partition coefficient (Wildman–Crippen LogP) is 4.52. The molecule has 3 aromatic rings. The van der Waals surface area contributed by atoms with E-state index in [0.717, 1.165) is 22.4 Å². The molecule has 0 saturated carbocycles. The van der Waals surface area contributed by atoms with Crippen LogP contribution in [-0.4, -0.2) is 57.6 Å². The van der Waals surface area contributed by atoms with E-state index in [9.17, 15) is 19.5 Å². The Hall–Kier alpha value is -4.52. The van der Waals surface area contributed by atoms with E-state index in [-0.39, 0.29) is 30.3 Å². The summed E-state index contributed by atoms with van der Waals surface area (Å²) in [4.78, 5) is 43.6.